The zero-order chi connectivity index (χ0) is 34.5. The van der Waals surface area contributed by atoms with Gasteiger partial charge >= 0.3 is 77.4 Å². The average Bonchev–Trinajstić information content (AvgIpc) is 2.70. The van der Waals surface area contributed by atoms with Crippen molar-refractivity contribution in [2.75, 3.05) is 0 Å². The maximum atomic E-state index is 13.5. The molecule has 41 heavy (non-hydrogen) atoms. The molecule has 0 aromatic carbocycles. The molecule has 0 aliphatic rings. The first-order valence-electron chi connectivity index (χ1n) is 8.36. The van der Waals surface area contributed by atoms with E-state index in [1.807, 2.05) is 0 Å². The second kappa shape index (κ2) is 9.06. The van der Waals surface area contributed by atoms with E-state index < -0.39 is 77.4 Å². The highest BCUT2D eigenvalue weighted by atomic mass is 19.4. The Hall–Kier alpha value is -1.90. The van der Waals surface area contributed by atoms with Gasteiger partial charge in [-0.25, -0.2) is 0 Å². The number of rotatable bonds is 11. The topological polar surface area (TPSA) is 40.5 Å². The SMILES string of the molecule is OC(F)(F)C(O)(F)C(F)(F)C(F)(F)C(F)(F)C(F)(F)C(F)(F)C(F)(F)C(F)(F)C(F)(F)C(F)(F)C(F)(F)C(F)(F)F. The number of halogens is 26. The fourth-order valence-electron chi connectivity index (χ4n) is 2.15. The van der Waals surface area contributed by atoms with Crippen LogP contribution in [0.3, 0.4) is 0 Å². The van der Waals surface area contributed by atoms with Crippen LogP contribution in [0.1, 0.15) is 0 Å². The molecule has 2 N–H and O–H groups in total. The minimum absolute atomic E-state index is 7.53. The number of alkyl halides is 26. The maximum Gasteiger partial charge on any atom is 0.460 e. The third-order valence-corrected chi connectivity index (χ3v) is 4.72. The lowest BCUT2D eigenvalue weighted by molar-refractivity contribution is -0.495. The van der Waals surface area contributed by atoms with E-state index in [9.17, 15) is 114 Å². The van der Waals surface area contributed by atoms with Gasteiger partial charge in [0.15, 0.2) is 0 Å². The lowest BCUT2D eigenvalue weighted by Crippen LogP contribution is -2.79. The zero-order valence-corrected chi connectivity index (χ0v) is 17.2. The molecular weight excluding hydrogens is 682 g/mol. The van der Waals surface area contributed by atoms with E-state index in [-0.39, 0.29) is 0 Å². The average molecular weight is 684 g/mol. The van der Waals surface area contributed by atoms with Gasteiger partial charge in [-0.3, -0.25) is 0 Å². The Morgan fingerprint density at radius 3 is 0.512 bits per heavy atom. The summed E-state index contributed by atoms with van der Waals surface area (Å²) in [6.45, 7) is 0. The highest BCUT2D eigenvalue weighted by Gasteiger charge is 3.00. The van der Waals surface area contributed by atoms with Gasteiger partial charge in [0.2, 0.25) is 0 Å². The van der Waals surface area contributed by atoms with Crippen LogP contribution in [0, 0.1) is 0 Å². The van der Waals surface area contributed by atoms with Crippen molar-refractivity contribution in [1.82, 2.24) is 0 Å². The maximum absolute atomic E-state index is 13.5. The van der Waals surface area contributed by atoms with Gasteiger partial charge in [-0.15, -0.1) is 0 Å². The van der Waals surface area contributed by atoms with E-state index in [1.165, 1.54) is 0 Å². The Bertz CT molecular complexity index is 889. The standard InChI is InChI=1S/C13H2F26O2/c14-1(15,2(16,17)4(20,21)6(24,25)8(28,29)10(32,33)12(35,36)37)3(18,19)5(22,23)7(26,27)9(30,31)11(34,40)13(38,39)41/h40-41H. The summed E-state index contributed by atoms with van der Waals surface area (Å²) in [7, 11) is 0. The summed E-state index contributed by atoms with van der Waals surface area (Å²) in [4.78, 5) is 0. The zero-order valence-electron chi connectivity index (χ0n) is 17.2. The highest BCUT2D eigenvalue weighted by Crippen LogP contribution is 2.68. The largest absolute Gasteiger partial charge is 0.460 e. The molecule has 0 saturated heterocycles. The van der Waals surface area contributed by atoms with Gasteiger partial charge in [0.25, 0.3) is 0 Å². The molecule has 0 fully saturated rings. The normalized spacial score (nSPS) is 18.4. The van der Waals surface area contributed by atoms with E-state index in [1.54, 1.807) is 0 Å². The predicted molar refractivity (Wildman–Crippen MR) is 68.7 cm³/mol. The minimum atomic E-state index is -9.75. The summed E-state index contributed by atoms with van der Waals surface area (Å²) in [5.41, 5.74) is 0. The summed E-state index contributed by atoms with van der Waals surface area (Å²) in [5.74, 6) is -102. The van der Waals surface area contributed by atoms with Gasteiger partial charge in [-0.1, -0.05) is 0 Å². The molecule has 2 nitrogen and oxygen atoms in total. The smallest absolute Gasteiger partial charge is 0.350 e. The molecule has 28 heteroatoms. The molecule has 0 aliphatic heterocycles. The van der Waals surface area contributed by atoms with Crippen LogP contribution in [0.5, 0.6) is 0 Å². The summed E-state index contributed by atoms with van der Waals surface area (Å²) >= 11 is 0. The van der Waals surface area contributed by atoms with Gasteiger partial charge in [0, 0.05) is 0 Å². The first-order valence-corrected chi connectivity index (χ1v) is 8.36. The van der Waals surface area contributed by atoms with Crippen LogP contribution >= 0.6 is 0 Å². The Morgan fingerprint density at radius 2 is 0.366 bits per heavy atom. The third-order valence-electron chi connectivity index (χ3n) is 4.72. The second-order valence-corrected chi connectivity index (χ2v) is 7.41. The molecule has 0 saturated carbocycles. The van der Waals surface area contributed by atoms with Gasteiger partial charge in [0.05, 0.1) is 0 Å². The Kier molecular flexibility index (Phi) is 8.64. The van der Waals surface area contributed by atoms with E-state index >= 15 is 0 Å². The molecule has 1 unspecified atom stereocenters. The summed E-state index contributed by atoms with van der Waals surface area (Å²) < 4.78 is 338. The Balaban J connectivity index is 7.41. The van der Waals surface area contributed by atoms with Crippen LogP contribution in [0.2, 0.25) is 0 Å². The second-order valence-electron chi connectivity index (χ2n) is 7.41. The number of hydrogen-bond donors (Lipinski definition) is 2. The highest BCUT2D eigenvalue weighted by molar-refractivity contribution is 5.20. The van der Waals surface area contributed by atoms with Crippen molar-refractivity contribution >= 4 is 0 Å². The Labute approximate surface area is 203 Å². The molecule has 0 spiro atoms. The monoisotopic (exact) mass is 684 g/mol. The lowest BCUT2D eigenvalue weighted by atomic mass is 9.84. The van der Waals surface area contributed by atoms with E-state index in [0.717, 1.165) is 0 Å². The van der Waals surface area contributed by atoms with Gasteiger partial charge < -0.3 is 10.2 Å². The molecule has 0 heterocycles. The number of hydrogen-bond acceptors (Lipinski definition) is 2. The third kappa shape index (κ3) is 4.41. The molecule has 0 aliphatic carbocycles. The Morgan fingerprint density at radius 1 is 0.220 bits per heavy atom. The first-order chi connectivity index (χ1) is 17.0. The first kappa shape index (κ1) is 39.1. The van der Waals surface area contributed by atoms with Crippen LogP contribution in [-0.4, -0.2) is 87.6 Å². The predicted octanol–water partition coefficient (Wildman–Crippen LogP) is 7.14. The van der Waals surface area contributed by atoms with Crippen LogP contribution in [0.25, 0.3) is 0 Å². The molecule has 0 radical (unpaired) electrons. The summed E-state index contributed by atoms with van der Waals surface area (Å²) in [6, 6.07) is 0. The van der Waals surface area contributed by atoms with Crippen molar-refractivity contribution < 1.29 is 124 Å². The fraction of sp³-hybridized carbons (Fsp3) is 1.00. The minimum Gasteiger partial charge on any atom is -0.350 e. The van der Waals surface area contributed by atoms with Crippen molar-refractivity contribution in [1.29, 1.82) is 0 Å². The van der Waals surface area contributed by atoms with Crippen molar-refractivity contribution in [3.8, 4) is 0 Å². The quantitative estimate of drug-likeness (QED) is 0.227. The molecule has 248 valence electrons. The van der Waals surface area contributed by atoms with Crippen LogP contribution in [0.4, 0.5) is 114 Å². The fourth-order valence-corrected chi connectivity index (χ4v) is 2.15. The summed E-state index contributed by atoms with van der Waals surface area (Å²) in [6.07, 6.45) is -15.8. The van der Waals surface area contributed by atoms with E-state index in [2.05, 4.69) is 0 Å². The van der Waals surface area contributed by atoms with Crippen LogP contribution in [-0.2, 0) is 0 Å². The molecule has 1 atom stereocenters. The molecule has 0 amide bonds. The lowest BCUT2D eigenvalue weighted by Gasteiger charge is -2.46. The van der Waals surface area contributed by atoms with Gasteiger partial charge in [0.1, 0.15) is 0 Å². The molecule has 0 aromatic heterocycles. The van der Waals surface area contributed by atoms with Crippen molar-refractivity contribution in [3.05, 3.63) is 0 Å². The van der Waals surface area contributed by atoms with Crippen molar-refractivity contribution in [2.24, 2.45) is 0 Å². The van der Waals surface area contributed by atoms with Gasteiger partial charge in [-0.05, 0) is 0 Å². The van der Waals surface area contributed by atoms with Crippen molar-refractivity contribution in [2.45, 2.75) is 77.4 Å². The van der Waals surface area contributed by atoms with E-state index in [4.69, 9.17) is 10.2 Å². The van der Waals surface area contributed by atoms with Crippen LogP contribution in [0.15, 0.2) is 0 Å². The van der Waals surface area contributed by atoms with Gasteiger partial charge in [-0.2, -0.15) is 114 Å². The number of aliphatic hydroxyl groups is 2. The summed E-state index contributed by atoms with van der Waals surface area (Å²) in [5, 5.41) is 15.4. The molecule has 0 rings (SSSR count). The molecule has 0 aromatic rings. The van der Waals surface area contributed by atoms with Crippen molar-refractivity contribution in [3.63, 3.8) is 0 Å². The molecular formula is C13H2F26O2. The van der Waals surface area contributed by atoms with E-state index in [0.29, 0.717) is 0 Å². The van der Waals surface area contributed by atoms with Crippen LogP contribution < -0.4 is 0 Å². The molecule has 0 bridgehead atoms.